The zero-order valence-electron chi connectivity index (χ0n) is 11.8. The molecule has 21 heavy (non-hydrogen) atoms. The Kier molecular flexibility index (Phi) is 4.33. The van der Waals surface area contributed by atoms with Crippen molar-refractivity contribution in [2.24, 2.45) is 5.73 Å². The minimum Gasteiger partial charge on any atom is -0.383 e. The molecule has 2 rings (SSSR count). The summed E-state index contributed by atoms with van der Waals surface area (Å²) in [6.45, 7) is 5.61. The number of rotatable bonds is 3. The van der Waals surface area contributed by atoms with Gasteiger partial charge in [0.15, 0.2) is 5.16 Å². The van der Waals surface area contributed by atoms with Crippen molar-refractivity contribution in [1.29, 1.82) is 0 Å². The number of carbonyl (C=O) groups excluding carboxylic acids is 2. The van der Waals surface area contributed by atoms with Crippen LogP contribution in [-0.2, 0) is 4.79 Å². The average molecular weight is 325 g/mol. The first-order valence-electron chi connectivity index (χ1n) is 6.09. The molecule has 0 fully saturated rings. The largest absolute Gasteiger partial charge is 0.383 e. The molecule has 2 aromatic rings. The minimum atomic E-state index is -0.882. The van der Waals surface area contributed by atoms with Crippen LogP contribution in [0.2, 0.25) is 0 Å². The van der Waals surface area contributed by atoms with E-state index in [1.165, 1.54) is 11.3 Å². The number of nitrogen functional groups attached to an aromatic ring is 1. The highest BCUT2D eigenvalue weighted by Gasteiger charge is 2.19. The number of hydrogen-bond donors (Lipinski definition) is 3. The van der Waals surface area contributed by atoms with Crippen molar-refractivity contribution in [3.8, 4) is 0 Å². The fourth-order valence-corrected chi connectivity index (χ4v) is 3.62. The molecule has 3 amide bonds. The number of urea groups is 1. The highest BCUT2D eigenvalue weighted by atomic mass is 32.2. The van der Waals surface area contributed by atoms with Gasteiger partial charge in [0.05, 0.1) is 10.6 Å². The van der Waals surface area contributed by atoms with Crippen LogP contribution in [0.3, 0.4) is 0 Å². The van der Waals surface area contributed by atoms with E-state index in [4.69, 9.17) is 11.5 Å². The molecule has 0 spiro atoms. The van der Waals surface area contributed by atoms with Crippen LogP contribution in [0.4, 0.5) is 10.6 Å². The molecule has 7 nitrogen and oxygen atoms in total. The molecule has 2 heterocycles. The van der Waals surface area contributed by atoms with Gasteiger partial charge in [0.25, 0.3) is 0 Å². The molecule has 5 N–H and O–H groups in total. The number of thioether (sulfide) groups is 1. The topological polar surface area (TPSA) is 124 Å². The van der Waals surface area contributed by atoms with Crippen molar-refractivity contribution < 1.29 is 9.59 Å². The van der Waals surface area contributed by atoms with Crippen molar-refractivity contribution in [2.75, 3.05) is 5.73 Å². The molecule has 1 atom stereocenters. The summed E-state index contributed by atoms with van der Waals surface area (Å²) in [5.74, 6) is -0.0971. The number of nitrogens with two attached hydrogens (primary N) is 2. The lowest BCUT2D eigenvalue weighted by molar-refractivity contribution is -0.119. The molecule has 0 saturated carbocycles. The normalized spacial score (nSPS) is 12.3. The van der Waals surface area contributed by atoms with Crippen molar-refractivity contribution >= 4 is 51.1 Å². The molecule has 112 valence electrons. The molecule has 0 bridgehead atoms. The van der Waals surface area contributed by atoms with E-state index in [2.05, 4.69) is 9.97 Å². The number of fused-ring (bicyclic) bond motifs is 1. The SMILES string of the molecule is Cc1sc2nc(S[C@@H](C)C(=O)NC(N)=O)nc(N)c2c1C. The van der Waals surface area contributed by atoms with Gasteiger partial charge in [-0.15, -0.1) is 11.3 Å². The number of nitrogens with zero attached hydrogens (tertiary/aromatic N) is 2. The summed E-state index contributed by atoms with van der Waals surface area (Å²) in [4.78, 5) is 32.9. The molecule has 9 heteroatoms. The van der Waals surface area contributed by atoms with Gasteiger partial charge in [-0.3, -0.25) is 10.1 Å². The Hall–Kier alpha value is -1.87. The zero-order valence-corrected chi connectivity index (χ0v) is 13.4. The number of aryl methyl sites for hydroxylation is 2. The Morgan fingerprint density at radius 2 is 2.00 bits per heavy atom. The van der Waals surface area contributed by atoms with E-state index < -0.39 is 17.2 Å². The summed E-state index contributed by atoms with van der Waals surface area (Å²) in [5, 5.41) is 2.72. The molecule has 0 saturated heterocycles. The van der Waals surface area contributed by atoms with Crippen LogP contribution in [0.5, 0.6) is 0 Å². The Bertz CT molecular complexity index is 728. The number of carbonyl (C=O) groups is 2. The standard InChI is InChI=1S/C12H15N5O2S2/c1-4-5(2)20-10-7(4)8(13)15-12(17-10)21-6(3)9(18)16-11(14)19/h6H,1-3H3,(H2,13,15,17)(H3,14,16,18,19)/t6-/m0/s1. The van der Waals surface area contributed by atoms with E-state index in [9.17, 15) is 9.59 Å². The van der Waals surface area contributed by atoms with Crippen LogP contribution < -0.4 is 16.8 Å². The number of imide groups is 1. The monoisotopic (exact) mass is 325 g/mol. The molecule has 2 aromatic heterocycles. The highest BCUT2D eigenvalue weighted by molar-refractivity contribution is 8.00. The summed E-state index contributed by atoms with van der Waals surface area (Å²) >= 11 is 2.66. The number of anilines is 1. The van der Waals surface area contributed by atoms with Crippen LogP contribution >= 0.6 is 23.1 Å². The summed E-state index contributed by atoms with van der Waals surface area (Å²) in [7, 11) is 0. The zero-order chi connectivity index (χ0) is 15.7. The summed E-state index contributed by atoms with van der Waals surface area (Å²) in [6, 6.07) is -0.882. The molecular weight excluding hydrogens is 310 g/mol. The van der Waals surface area contributed by atoms with E-state index in [0.29, 0.717) is 11.0 Å². The summed E-state index contributed by atoms with van der Waals surface area (Å²) < 4.78 is 0. The first-order chi connectivity index (χ1) is 9.79. The third-order valence-corrected chi connectivity index (χ3v) is 5.00. The van der Waals surface area contributed by atoms with Gasteiger partial charge in [-0.05, 0) is 26.3 Å². The second kappa shape index (κ2) is 5.86. The van der Waals surface area contributed by atoms with Crippen LogP contribution in [-0.4, -0.2) is 27.2 Å². The van der Waals surface area contributed by atoms with Crippen LogP contribution in [0.15, 0.2) is 5.16 Å². The Morgan fingerprint density at radius 1 is 1.33 bits per heavy atom. The lowest BCUT2D eigenvalue weighted by Crippen LogP contribution is -2.39. The third-order valence-electron chi connectivity index (χ3n) is 2.93. The van der Waals surface area contributed by atoms with Gasteiger partial charge in [0.1, 0.15) is 10.6 Å². The molecule has 0 aliphatic rings. The van der Waals surface area contributed by atoms with E-state index in [1.807, 2.05) is 19.2 Å². The van der Waals surface area contributed by atoms with Gasteiger partial charge < -0.3 is 11.5 Å². The second-order valence-electron chi connectivity index (χ2n) is 4.47. The van der Waals surface area contributed by atoms with Crippen molar-refractivity contribution in [3.63, 3.8) is 0 Å². The van der Waals surface area contributed by atoms with Crippen molar-refractivity contribution in [2.45, 2.75) is 31.2 Å². The second-order valence-corrected chi connectivity index (χ2v) is 6.98. The molecule has 0 aliphatic carbocycles. The molecule has 0 aliphatic heterocycles. The average Bonchev–Trinajstić information content (AvgIpc) is 2.64. The smallest absolute Gasteiger partial charge is 0.318 e. The van der Waals surface area contributed by atoms with Crippen molar-refractivity contribution in [3.05, 3.63) is 10.4 Å². The number of nitrogens with one attached hydrogen (secondary N) is 1. The maximum atomic E-state index is 11.6. The molecule has 0 aromatic carbocycles. The predicted molar refractivity (Wildman–Crippen MR) is 84.3 cm³/mol. The third kappa shape index (κ3) is 3.24. The van der Waals surface area contributed by atoms with Gasteiger partial charge >= 0.3 is 6.03 Å². The Labute approximate surface area is 129 Å². The van der Waals surface area contributed by atoms with Crippen LogP contribution in [0.1, 0.15) is 17.4 Å². The number of thiophene rings is 1. The molecular formula is C12H15N5O2S2. The lowest BCUT2D eigenvalue weighted by Gasteiger charge is -2.09. The summed E-state index contributed by atoms with van der Waals surface area (Å²) in [6.07, 6.45) is 0. The quantitative estimate of drug-likeness (QED) is 0.581. The van der Waals surface area contributed by atoms with Gasteiger partial charge in [0, 0.05) is 4.88 Å². The van der Waals surface area contributed by atoms with E-state index in [-0.39, 0.29) is 0 Å². The first-order valence-corrected chi connectivity index (χ1v) is 7.79. The van der Waals surface area contributed by atoms with Crippen LogP contribution in [0.25, 0.3) is 10.2 Å². The van der Waals surface area contributed by atoms with E-state index >= 15 is 0 Å². The molecule has 0 unspecified atom stereocenters. The minimum absolute atomic E-state index is 0.395. The van der Waals surface area contributed by atoms with E-state index in [0.717, 1.165) is 32.4 Å². The molecule has 0 radical (unpaired) electrons. The highest BCUT2D eigenvalue weighted by Crippen LogP contribution is 2.34. The van der Waals surface area contributed by atoms with Gasteiger partial charge in [-0.1, -0.05) is 11.8 Å². The number of primary amides is 1. The Morgan fingerprint density at radius 3 is 2.62 bits per heavy atom. The fourth-order valence-electron chi connectivity index (χ4n) is 1.75. The number of aromatic nitrogens is 2. The van der Waals surface area contributed by atoms with Gasteiger partial charge in [-0.2, -0.15) is 0 Å². The first kappa shape index (κ1) is 15.5. The van der Waals surface area contributed by atoms with Crippen LogP contribution in [0, 0.1) is 13.8 Å². The number of hydrogen-bond acceptors (Lipinski definition) is 7. The maximum Gasteiger partial charge on any atom is 0.318 e. The summed E-state index contributed by atoms with van der Waals surface area (Å²) in [5.41, 5.74) is 12.0. The van der Waals surface area contributed by atoms with Gasteiger partial charge in [-0.25, -0.2) is 14.8 Å². The van der Waals surface area contributed by atoms with Gasteiger partial charge in [0.2, 0.25) is 5.91 Å². The predicted octanol–water partition coefficient (Wildman–Crippen LogP) is 1.57. The lowest BCUT2D eigenvalue weighted by atomic mass is 10.2. The Balaban J connectivity index is 2.27. The number of amides is 3. The van der Waals surface area contributed by atoms with E-state index in [1.54, 1.807) is 6.92 Å². The van der Waals surface area contributed by atoms with Crippen molar-refractivity contribution in [1.82, 2.24) is 15.3 Å². The maximum absolute atomic E-state index is 11.6. The fraction of sp³-hybridized carbons (Fsp3) is 0.333.